The second-order valence-corrected chi connectivity index (χ2v) is 11.0. The lowest BCUT2D eigenvalue weighted by molar-refractivity contribution is -0.118. The molecular weight excluding hydrogens is 526 g/mol. The predicted molar refractivity (Wildman–Crippen MR) is 163 cm³/mol. The van der Waals surface area contributed by atoms with E-state index in [-0.39, 0.29) is 23.9 Å². The van der Waals surface area contributed by atoms with E-state index in [1.165, 1.54) is 0 Å². The minimum atomic E-state index is -0.167. The van der Waals surface area contributed by atoms with E-state index in [2.05, 4.69) is 51.1 Å². The maximum absolute atomic E-state index is 12.3. The highest BCUT2D eigenvalue weighted by atomic mass is 35.5. The molecule has 4 aromatic rings. The fraction of sp³-hybridized carbons (Fsp3) is 0.258. The summed E-state index contributed by atoms with van der Waals surface area (Å²) in [7, 11) is 0. The van der Waals surface area contributed by atoms with Crippen LogP contribution < -0.4 is 15.5 Å². The Morgan fingerprint density at radius 1 is 1.05 bits per heavy atom. The molecule has 0 bridgehead atoms. The monoisotopic (exact) mass is 557 g/mol. The number of nitrogens with zero attached hydrogens (tertiary/aromatic N) is 3. The molecule has 1 aliphatic rings. The zero-order valence-electron chi connectivity index (χ0n) is 22.7. The number of aromatic nitrogens is 2. The summed E-state index contributed by atoms with van der Waals surface area (Å²) < 4.78 is 2.20. The van der Waals surface area contributed by atoms with Crippen molar-refractivity contribution >= 4 is 46.2 Å². The third-order valence-corrected chi connectivity index (χ3v) is 7.88. The molecular formula is C31H32ClN5OS. The number of aryl methyl sites for hydroxylation is 2. The third kappa shape index (κ3) is 5.04. The Kier molecular flexibility index (Phi) is 7.47. The molecule has 6 nitrogen and oxygen atoms in total. The molecule has 39 heavy (non-hydrogen) atoms. The van der Waals surface area contributed by atoms with Crippen molar-refractivity contribution in [3.8, 4) is 5.69 Å². The predicted octanol–water partition coefficient (Wildman–Crippen LogP) is 7.22. The van der Waals surface area contributed by atoms with Gasteiger partial charge in [-0.1, -0.05) is 43.6 Å². The van der Waals surface area contributed by atoms with Gasteiger partial charge >= 0.3 is 0 Å². The molecule has 1 aliphatic heterocycles. The number of para-hydroxylation sites is 1. The fourth-order valence-electron chi connectivity index (χ4n) is 5.25. The van der Waals surface area contributed by atoms with E-state index in [1.807, 2.05) is 81.6 Å². The lowest BCUT2D eigenvalue weighted by Gasteiger charge is -2.29. The lowest BCUT2D eigenvalue weighted by Crippen LogP contribution is -2.29. The SMILES string of the molecule is Cc1cc(N2C(=S)NC(c3ccccn3)C2c2cc(C)n(-c3ccccc3Cl)c2C)ccc1NC(=O)C(C)C. The Balaban J connectivity index is 1.63. The summed E-state index contributed by atoms with van der Waals surface area (Å²) >= 11 is 12.6. The van der Waals surface area contributed by atoms with Crippen LogP contribution in [0.5, 0.6) is 0 Å². The number of amides is 1. The van der Waals surface area contributed by atoms with Crippen molar-refractivity contribution in [2.75, 3.05) is 10.2 Å². The van der Waals surface area contributed by atoms with Crippen LogP contribution in [0.3, 0.4) is 0 Å². The van der Waals surface area contributed by atoms with Gasteiger partial charge in [-0.25, -0.2) is 0 Å². The van der Waals surface area contributed by atoms with E-state index in [0.717, 1.165) is 45.3 Å². The molecule has 0 saturated carbocycles. The minimum Gasteiger partial charge on any atom is -0.351 e. The maximum atomic E-state index is 12.3. The quantitative estimate of drug-likeness (QED) is 0.245. The van der Waals surface area contributed by atoms with Crippen molar-refractivity contribution in [2.24, 2.45) is 5.92 Å². The molecule has 200 valence electrons. The third-order valence-electron chi connectivity index (χ3n) is 7.25. The summed E-state index contributed by atoms with van der Waals surface area (Å²) in [6.45, 7) is 9.98. The van der Waals surface area contributed by atoms with E-state index in [4.69, 9.17) is 23.8 Å². The number of hydrogen-bond donors (Lipinski definition) is 2. The van der Waals surface area contributed by atoms with Crippen molar-refractivity contribution < 1.29 is 4.79 Å². The summed E-state index contributed by atoms with van der Waals surface area (Å²) in [4.78, 5) is 19.2. The molecule has 2 N–H and O–H groups in total. The normalized spacial score (nSPS) is 17.0. The van der Waals surface area contributed by atoms with Gasteiger partial charge in [-0.05, 0) is 92.6 Å². The number of thiocarbonyl (C=S) groups is 1. The average Bonchev–Trinajstić information content (AvgIpc) is 3.41. The van der Waals surface area contributed by atoms with Gasteiger partial charge in [0, 0.05) is 34.9 Å². The molecule has 8 heteroatoms. The smallest absolute Gasteiger partial charge is 0.226 e. The van der Waals surface area contributed by atoms with E-state index in [1.54, 1.807) is 0 Å². The van der Waals surface area contributed by atoms with Crippen molar-refractivity contribution in [1.29, 1.82) is 0 Å². The number of hydrogen-bond acceptors (Lipinski definition) is 3. The van der Waals surface area contributed by atoms with Crippen molar-refractivity contribution in [2.45, 2.75) is 46.7 Å². The first-order chi connectivity index (χ1) is 18.7. The lowest BCUT2D eigenvalue weighted by atomic mass is 9.96. The van der Waals surface area contributed by atoms with Crippen LogP contribution in [-0.2, 0) is 4.79 Å². The Hall–Kier alpha value is -3.68. The standard InChI is InChI=1S/C31H32ClN5OS/c1-18(2)30(38)34-25-14-13-22(16-19(25)3)37-29(28(35-31(37)39)26-11-8-9-15-33-26)23-17-20(4)36(21(23)5)27-12-7-6-10-24(27)32/h6-18,28-29H,1-5H3,(H,34,38)(H,35,39). The molecule has 2 aromatic carbocycles. The Labute approximate surface area is 240 Å². The molecule has 0 radical (unpaired) electrons. The molecule has 0 aliphatic carbocycles. The number of carbonyl (C=O) groups excluding carboxylic acids is 1. The molecule has 5 rings (SSSR count). The average molecular weight is 558 g/mol. The molecule has 1 fully saturated rings. The number of pyridine rings is 1. The van der Waals surface area contributed by atoms with Crippen LogP contribution in [0.2, 0.25) is 5.02 Å². The van der Waals surface area contributed by atoms with Gasteiger partial charge in [-0.15, -0.1) is 0 Å². The highest BCUT2D eigenvalue weighted by Gasteiger charge is 2.42. The second kappa shape index (κ2) is 10.8. The summed E-state index contributed by atoms with van der Waals surface area (Å²) in [5.74, 6) is -0.111. The highest BCUT2D eigenvalue weighted by Crippen LogP contribution is 2.44. The van der Waals surface area contributed by atoms with Gasteiger partial charge in [-0.3, -0.25) is 9.78 Å². The van der Waals surface area contributed by atoms with Gasteiger partial charge in [0.05, 0.1) is 28.5 Å². The highest BCUT2D eigenvalue weighted by molar-refractivity contribution is 7.80. The summed E-state index contributed by atoms with van der Waals surface area (Å²) in [6, 6.07) is 21.7. The molecule has 2 unspecified atom stereocenters. The first kappa shape index (κ1) is 26.9. The van der Waals surface area contributed by atoms with E-state index >= 15 is 0 Å². The van der Waals surface area contributed by atoms with Crippen LogP contribution in [0.15, 0.2) is 72.9 Å². The van der Waals surface area contributed by atoms with Gasteiger partial charge in [-0.2, -0.15) is 0 Å². The topological polar surface area (TPSA) is 62.2 Å². The Morgan fingerprint density at radius 3 is 2.46 bits per heavy atom. The van der Waals surface area contributed by atoms with Crippen LogP contribution in [-0.4, -0.2) is 20.6 Å². The van der Waals surface area contributed by atoms with Gasteiger partial charge < -0.3 is 20.1 Å². The van der Waals surface area contributed by atoms with Gasteiger partial charge in [0.25, 0.3) is 0 Å². The number of anilines is 2. The first-order valence-corrected chi connectivity index (χ1v) is 13.8. The first-order valence-electron chi connectivity index (χ1n) is 13.0. The van der Waals surface area contributed by atoms with Crippen LogP contribution in [0.25, 0.3) is 5.69 Å². The summed E-state index contributed by atoms with van der Waals surface area (Å²) in [5.41, 5.74) is 7.85. The van der Waals surface area contributed by atoms with Crippen LogP contribution in [0.4, 0.5) is 11.4 Å². The number of rotatable bonds is 6. The molecule has 1 amide bonds. The maximum Gasteiger partial charge on any atom is 0.226 e. The number of benzene rings is 2. The Morgan fingerprint density at radius 2 is 1.79 bits per heavy atom. The molecule has 2 aromatic heterocycles. The Bertz CT molecular complexity index is 1550. The van der Waals surface area contributed by atoms with Gasteiger partial charge in [0.1, 0.15) is 0 Å². The van der Waals surface area contributed by atoms with Gasteiger partial charge in [0.15, 0.2) is 5.11 Å². The largest absolute Gasteiger partial charge is 0.351 e. The summed E-state index contributed by atoms with van der Waals surface area (Å²) in [6.07, 6.45) is 1.81. The van der Waals surface area contributed by atoms with E-state index < -0.39 is 0 Å². The second-order valence-electron chi connectivity index (χ2n) is 10.3. The number of nitrogens with one attached hydrogen (secondary N) is 2. The van der Waals surface area contributed by atoms with Crippen LogP contribution >= 0.6 is 23.8 Å². The van der Waals surface area contributed by atoms with Crippen molar-refractivity contribution in [1.82, 2.24) is 14.9 Å². The molecule has 2 atom stereocenters. The van der Waals surface area contributed by atoms with Crippen molar-refractivity contribution in [3.63, 3.8) is 0 Å². The fourth-order valence-corrected chi connectivity index (χ4v) is 5.82. The van der Waals surface area contributed by atoms with Crippen LogP contribution in [0, 0.1) is 26.7 Å². The molecule has 1 saturated heterocycles. The van der Waals surface area contributed by atoms with E-state index in [0.29, 0.717) is 10.1 Å². The van der Waals surface area contributed by atoms with Crippen molar-refractivity contribution in [3.05, 3.63) is 106 Å². The molecule has 3 heterocycles. The number of carbonyl (C=O) groups is 1. The summed E-state index contributed by atoms with van der Waals surface area (Å²) in [5, 5.41) is 7.89. The van der Waals surface area contributed by atoms with Gasteiger partial charge in [0.2, 0.25) is 5.91 Å². The minimum absolute atomic E-state index is 0.00989. The van der Waals surface area contributed by atoms with E-state index in [9.17, 15) is 4.79 Å². The number of halogens is 1. The zero-order valence-corrected chi connectivity index (χ0v) is 24.3. The molecule has 0 spiro atoms. The van der Waals surface area contributed by atoms with Crippen LogP contribution in [0.1, 0.15) is 54.1 Å². The zero-order chi connectivity index (χ0) is 27.8.